The van der Waals surface area contributed by atoms with Crippen molar-refractivity contribution in [1.82, 2.24) is 0 Å². The van der Waals surface area contributed by atoms with Crippen LogP contribution in [0.4, 0.5) is 5.69 Å². The molecule has 0 N–H and O–H groups in total. The number of nitrogens with zero attached hydrogens (tertiary/aromatic N) is 2. The molecule has 15 heavy (non-hydrogen) atoms. The van der Waals surface area contributed by atoms with Crippen molar-refractivity contribution in [3.63, 3.8) is 0 Å². The number of Topliss-reactive ketones (excluding diaryl/α,β-unsaturated/α-hetero) is 1. The van der Waals surface area contributed by atoms with Crippen LogP contribution in [-0.4, -0.2) is 10.7 Å². The number of halogens is 1. The number of carbonyl (C=O) groups excluding carboxylic acids is 1. The third-order valence-corrected chi connectivity index (χ3v) is 2.69. The van der Waals surface area contributed by atoms with Gasteiger partial charge in [0, 0.05) is 9.64 Å². The molecule has 1 aromatic carbocycles. The molecule has 0 aliphatic rings. The Morgan fingerprint density at radius 1 is 1.60 bits per heavy atom. The van der Waals surface area contributed by atoms with Crippen molar-refractivity contribution < 1.29 is 9.72 Å². The van der Waals surface area contributed by atoms with Crippen molar-refractivity contribution in [2.24, 2.45) is 0 Å². The molecule has 0 radical (unpaired) electrons. The average molecular weight is 316 g/mol. The van der Waals surface area contributed by atoms with E-state index < -0.39 is 10.7 Å². The first-order valence-electron chi connectivity index (χ1n) is 3.87. The lowest BCUT2D eigenvalue weighted by atomic mass is 10.0. The van der Waals surface area contributed by atoms with E-state index in [1.165, 1.54) is 19.1 Å². The number of nitriles is 1. The Hall–Kier alpha value is -1.49. The molecule has 0 bridgehead atoms. The average Bonchev–Trinajstić information content (AvgIpc) is 2.16. The van der Waals surface area contributed by atoms with Crippen molar-refractivity contribution in [2.45, 2.75) is 6.92 Å². The van der Waals surface area contributed by atoms with E-state index in [0.717, 1.165) is 0 Å². The van der Waals surface area contributed by atoms with Crippen LogP contribution in [0, 0.1) is 25.0 Å². The zero-order chi connectivity index (χ0) is 11.6. The lowest BCUT2D eigenvalue weighted by Crippen LogP contribution is -2.04. The van der Waals surface area contributed by atoms with Crippen molar-refractivity contribution in [3.8, 4) is 6.07 Å². The standard InChI is InChI=1S/C9H5IN2O3/c1-5(13)9-6(4-11)7(10)2-3-8(9)12(14)15/h2-3H,1H3. The maximum atomic E-state index is 11.2. The molecule has 6 heteroatoms. The number of nitro benzene ring substituents is 1. The lowest BCUT2D eigenvalue weighted by molar-refractivity contribution is -0.385. The summed E-state index contributed by atoms with van der Waals surface area (Å²) in [6, 6.07) is 4.49. The van der Waals surface area contributed by atoms with Gasteiger partial charge < -0.3 is 0 Å². The van der Waals surface area contributed by atoms with Crippen LogP contribution in [0.15, 0.2) is 12.1 Å². The highest BCUT2D eigenvalue weighted by Crippen LogP contribution is 2.26. The first-order valence-corrected chi connectivity index (χ1v) is 4.94. The Morgan fingerprint density at radius 2 is 2.20 bits per heavy atom. The van der Waals surface area contributed by atoms with Gasteiger partial charge in [-0.25, -0.2) is 0 Å². The first kappa shape index (κ1) is 11.6. The molecule has 5 nitrogen and oxygen atoms in total. The maximum Gasteiger partial charge on any atom is 0.281 e. The predicted molar refractivity (Wildman–Crippen MR) is 60.5 cm³/mol. The van der Waals surface area contributed by atoms with Crippen LogP contribution >= 0.6 is 22.6 Å². The minimum atomic E-state index is -0.659. The number of rotatable bonds is 2. The van der Waals surface area contributed by atoms with Gasteiger partial charge in [-0.15, -0.1) is 0 Å². The highest BCUT2D eigenvalue weighted by Gasteiger charge is 2.23. The van der Waals surface area contributed by atoms with E-state index in [1.54, 1.807) is 0 Å². The third-order valence-electron chi connectivity index (χ3n) is 1.79. The first-order chi connectivity index (χ1) is 6.99. The summed E-state index contributed by atoms with van der Waals surface area (Å²) >= 11 is 1.86. The highest BCUT2D eigenvalue weighted by molar-refractivity contribution is 14.1. The van der Waals surface area contributed by atoms with Crippen molar-refractivity contribution in [3.05, 3.63) is 36.9 Å². The molecule has 0 unspecified atom stereocenters. The minimum absolute atomic E-state index is 0.0669. The van der Waals surface area contributed by atoms with E-state index in [-0.39, 0.29) is 16.8 Å². The van der Waals surface area contributed by atoms with E-state index in [0.29, 0.717) is 3.57 Å². The second-order valence-corrected chi connectivity index (χ2v) is 3.90. The monoisotopic (exact) mass is 316 g/mol. The molecule has 0 atom stereocenters. The van der Waals surface area contributed by atoms with Crippen LogP contribution in [-0.2, 0) is 0 Å². The fourth-order valence-electron chi connectivity index (χ4n) is 1.18. The predicted octanol–water partition coefficient (Wildman–Crippen LogP) is 2.27. The molecule has 0 aromatic heterocycles. The topological polar surface area (TPSA) is 84.0 Å². The van der Waals surface area contributed by atoms with Crippen LogP contribution in [0.1, 0.15) is 22.8 Å². The van der Waals surface area contributed by atoms with Gasteiger partial charge in [0.2, 0.25) is 0 Å². The maximum absolute atomic E-state index is 11.2. The molecular formula is C9H5IN2O3. The molecule has 0 amide bonds. The Kier molecular flexibility index (Phi) is 3.36. The molecule has 0 aliphatic carbocycles. The number of ketones is 1. The fraction of sp³-hybridized carbons (Fsp3) is 0.111. The van der Waals surface area contributed by atoms with E-state index in [9.17, 15) is 14.9 Å². The molecule has 1 rings (SSSR count). The van der Waals surface area contributed by atoms with Crippen LogP contribution in [0.2, 0.25) is 0 Å². The Morgan fingerprint density at radius 3 is 2.60 bits per heavy atom. The summed E-state index contributed by atoms with van der Waals surface area (Å²) in [6.07, 6.45) is 0. The van der Waals surface area contributed by atoms with Gasteiger partial charge in [0.1, 0.15) is 11.6 Å². The summed E-state index contributed by atoms with van der Waals surface area (Å²) in [7, 11) is 0. The Balaban J connectivity index is 3.66. The van der Waals surface area contributed by atoms with Crippen LogP contribution in [0.3, 0.4) is 0 Å². The third kappa shape index (κ3) is 2.12. The van der Waals surface area contributed by atoms with Gasteiger partial charge in [0.25, 0.3) is 5.69 Å². The van der Waals surface area contributed by atoms with Crippen LogP contribution < -0.4 is 0 Å². The number of carbonyl (C=O) groups is 1. The van der Waals surface area contributed by atoms with E-state index in [4.69, 9.17) is 5.26 Å². The fourth-order valence-corrected chi connectivity index (χ4v) is 1.75. The van der Waals surface area contributed by atoms with Gasteiger partial charge in [-0.1, -0.05) is 0 Å². The second kappa shape index (κ2) is 4.35. The van der Waals surface area contributed by atoms with Crippen molar-refractivity contribution >= 4 is 34.1 Å². The summed E-state index contributed by atoms with van der Waals surface area (Å²) in [6.45, 7) is 1.21. The molecule has 76 valence electrons. The molecule has 0 saturated heterocycles. The largest absolute Gasteiger partial charge is 0.294 e. The lowest BCUT2D eigenvalue weighted by Gasteiger charge is -2.02. The van der Waals surface area contributed by atoms with Gasteiger partial charge in [0.15, 0.2) is 5.78 Å². The zero-order valence-electron chi connectivity index (χ0n) is 7.65. The zero-order valence-corrected chi connectivity index (χ0v) is 9.81. The van der Waals surface area contributed by atoms with Crippen LogP contribution in [0.25, 0.3) is 0 Å². The summed E-state index contributed by atoms with van der Waals surface area (Å²) in [5.41, 5.74) is -0.369. The van der Waals surface area contributed by atoms with Gasteiger partial charge in [-0.2, -0.15) is 5.26 Å². The summed E-state index contributed by atoms with van der Waals surface area (Å²) in [5.74, 6) is -0.475. The normalized spacial score (nSPS) is 9.40. The summed E-state index contributed by atoms with van der Waals surface area (Å²) < 4.78 is 0.533. The number of nitro groups is 1. The molecule has 0 aliphatic heterocycles. The minimum Gasteiger partial charge on any atom is -0.294 e. The van der Waals surface area contributed by atoms with Gasteiger partial charge in [0.05, 0.1) is 10.5 Å². The Bertz CT molecular complexity index is 491. The quantitative estimate of drug-likeness (QED) is 0.363. The highest BCUT2D eigenvalue weighted by atomic mass is 127. The second-order valence-electron chi connectivity index (χ2n) is 2.74. The molecule has 0 saturated carbocycles. The Labute approximate surface area is 99.0 Å². The van der Waals surface area contributed by atoms with Crippen molar-refractivity contribution in [2.75, 3.05) is 0 Å². The van der Waals surface area contributed by atoms with Gasteiger partial charge >= 0.3 is 0 Å². The van der Waals surface area contributed by atoms with Gasteiger partial charge in [-0.05, 0) is 35.6 Å². The SMILES string of the molecule is CC(=O)c1c([N+](=O)[O-])ccc(I)c1C#N. The van der Waals surface area contributed by atoms with E-state index >= 15 is 0 Å². The molecule has 0 heterocycles. The van der Waals surface area contributed by atoms with E-state index in [1.807, 2.05) is 28.7 Å². The summed E-state index contributed by atoms with van der Waals surface area (Å²) in [5, 5.41) is 19.5. The molecule has 0 spiro atoms. The van der Waals surface area contributed by atoms with Gasteiger partial charge in [-0.3, -0.25) is 14.9 Å². The number of hydrogen-bond donors (Lipinski definition) is 0. The number of hydrogen-bond acceptors (Lipinski definition) is 4. The smallest absolute Gasteiger partial charge is 0.281 e. The summed E-state index contributed by atoms with van der Waals surface area (Å²) in [4.78, 5) is 21.2. The van der Waals surface area contributed by atoms with Crippen molar-refractivity contribution in [1.29, 1.82) is 5.26 Å². The molecule has 0 fully saturated rings. The molecule has 1 aromatic rings. The van der Waals surface area contributed by atoms with E-state index in [2.05, 4.69) is 0 Å². The number of benzene rings is 1. The van der Waals surface area contributed by atoms with Crippen LogP contribution in [0.5, 0.6) is 0 Å². The molecular weight excluding hydrogens is 311 g/mol.